The van der Waals surface area contributed by atoms with Crippen LogP contribution in [0.4, 0.5) is 29.5 Å². The van der Waals surface area contributed by atoms with Crippen LogP contribution in [0.1, 0.15) is 5.76 Å². The molecule has 2 rings (SSSR count). The Bertz CT molecular complexity index is 628. The first-order valence-corrected chi connectivity index (χ1v) is 5.12. The molecule has 0 spiro atoms. The second kappa shape index (κ2) is 5.01. The van der Waals surface area contributed by atoms with Crippen LogP contribution in [0.3, 0.4) is 0 Å². The molecule has 0 fully saturated rings. The summed E-state index contributed by atoms with van der Waals surface area (Å²) >= 11 is 0. The molecule has 1 aromatic carbocycles. The fourth-order valence-electron chi connectivity index (χ4n) is 1.32. The summed E-state index contributed by atoms with van der Waals surface area (Å²) in [7, 11) is 0. The zero-order valence-electron chi connectivity index (χ0n) is 9.63. The molecule has 5 nitrogen and oxygen atoms in total. The summed E-state index contributed by atoms with van der Waals surface area (Å²) in [5.41, 5.74) is -0.489. The normalized spacial score (nSPS) is 10.3. The van der Waals surface area contributed by atoms with Crippen molar-refractivity contribution in [1.29, 1.82) is 0 Å². The van der Waals surface area contributed by atoms with Crippen molar-refractivity contribution in [1.82, 2.24) is 5.16 Å². The standard InChI is InChI=1S/C11H8F3N3O2/c1-5-4-8(17-19-5)16-11(18)15-7-3-2-6(12)9(13)10(7)14/h2-4H,1H3,(H2,15,16,17,18). The van der Waals surface area contributed by atoms with Crippen LogP contribution in [0.25, 0.3) is 0 Å². The van der Waals surface area contributed by atoms with Crippen LogP contribution in [0.2, 0.25) is 0 Å². The number of halogens is 3. The number of nitrogens with zero attached hydrogens (tertiary/aromatic N) is 1. The molecule has 8 heteroatoms. The number of aromatic nitrogens is 1. The predicted molar refractivity (Wildman–Crippen MR) is 60.2 cm³/mol. The number of urea groups is 1. The van der Waals surface area contributed by atoms with E-state index in [2.05, 4.69) is 10.5 Å². The molecule has 2 N–H and O–H groups in total. The van der Waals surface area contributed by atoms with E-state index < -0.39 is 29.2 Å². The van der Waals surface area contributed by atoms with Crippen LogP contribution in [-0.4, -0.2) is 11.2 Å². The van der Waals surface area contributed by atoms with Crippen molar-refractivity contribution in [2.45, 2.75) is 6.92 Å². The number of nitrogens with one attached hydrogen (secondary N) is 2. The summed E-state index contributed by atoms with van der Waals surface area (Å²) in [5.74, 6) is -3.90. The van der Waals surface area contributed by atoms with E-state index in [1.807, 2.05) is 5.32 Å². The molecular formula is C11H8F3N3O2. The van der Waals surface area contributed by atoms with Crippen molar-refractivity contribution in [3.8, 4) is 0 Å². The van der Waals surface area contributed by atoms with Crippen LogP contribution in [0.5, 0.6) is 0 Å². The van der Waals surface area contributed by atoms with Gasteiger partial charge in [-0.3, -0.25) is 5.32 Å². The lowest BCUT2D eigenvalue weighted by Crippen LogP contribution is -2.20. The molecule has 1 aromatic heterocycles. The molecule has 100 valence electrons. The number of hydrogen-bond donors (Lipinski definition) is 2. The molecule has 0 saturated carbocycles. The monoisotopic (exact) mass is 271 g/mol. The molecule has 1 heterocycles. The van der Waals surface area contributed by atoms with E-state index in [-0.39, 0.29) is 5.82 Å². The fraction of sp³-hybridized carbons (Fsp3) is 0.0909. The quantitative estimate of drug-likeness (QED) is 0.825. The predicted octanol–water partition coefficient (Wildman–Crippen LogP) is 3.04. The van der Waals surface area contributed by atoms with Crippen LogP contribution in [-0.2, 0) is 0 Å². The SMILES string of the molecule is Cc1cc(NC(=O)Nc2ccc(F)c(F)c2F)no1. The van der Waals surface area contributed by atoms with Gasteiger partial charge in [0, 0.05) is 6.07 Å². The summed E-state index contributed by atoms with van der Waals surface area (Å²) < 4.78 is 43.6. The van der Waals surface area contributed by atoms with Gasteiger partial charge in [0.1, 0.15) is 5.76 Å². The highest BCUT2D eigenvalue weighted by molar-refractivity contribution is 5.99. The first-order chi connectivity index (χ1) is 8.97. The lowest BCUT2D eigenvalue weighted by Gasteiger charge is -2.07. The maximum absolute atomic E-state index is 13.3. The minimum atomic E-state index is -1.66. The summed E-state index contributed by atoms with van der Waals surface area (Å²) in [5, 5.41) is 7.73. The van der Waals surface area contributed by atoms with Gasteiger partial charge in [0.05, 0.1) is 5.69 Å². The second-order valence-corrected chi connectivity index (χ2v) is 3.62. The largest absolute Gasteiger partial charge is 0.360 e. The molecule has 0 aliphatic heterocycles. The Kier molecular flexibility index (Phi) is 3.41. The van der Waals surface area contributed by atoms with Gasteiger partial charge in [-0.25, -0.2) is 18.0 Å². The van der Waals surface area contributed by atoms with Crippen LogP contribution in [0.15, 0.2) is 22.7 Å². The number of aryl methyl sites for hydroxylation is 1. The Morgan fingerprint density at radius 3 is 2.58 bits per heavy atom. The highest BCUT2D eigenvalue weighted by Crippen LogP contribution is 2.19. The summed E-state index contributed by atoms with van der Waals surface area (Å²) in [6.45, 7) is 1.62. The Morgan fingerprint density at radius 1 is 1.21 bits per heavy atom. The van der Waals surface area contributed by atoms with Crippen LogP contribution >= 0.6 is 0 Å². The zero-order chi connectivity index (χ0) is 14.0. The molecule has 2 amide bonds. The van der Waals surface area contributed by atoms with Gasteiger partial charge in [0.15, 0.2) is 23.3 Å². The highest BCUT2D eigenvalue weighted by Gasteiger charge is 2.15. The van der Waals surface area contributed by atoms with E-state index in [9.17, 15) is 18.0 Å². The molecule has 0 radical (unpaired) electrons. The minimum absolute atomic E-state index is 0.109. The van der Waals surface area contributed by atoms with E-state index >= 15 is 0 Å². The fourth-order valence-corrected chi connectivity index (χ4v) is 1.32. The summed E-state index contributed by atoms with van der Waals surface area (Å²) in [6.07, 6.45) is 0. The van der Waals surface area contributed by atoms with Gasteiger partial charge in [-0.15, -0.1) is 0 Å². The van der Waals surface area contributed by atoms with Crippen molar-refractivity contribution < 1.29 is 22.5 Å². The Labute approximate surface area is 105 Å². The molecule has 0 aliphatic rings. The van der Waals surface area contributed by atoms with Gasteiger partial charge >= 0.3 is 6.03 Å². The van der Waals surface area contributed by atoms with Crippen molar-refractivity contribution in [3.05, 3.63) is 41.4 Å². The Balaban J connectivity index is 2.09. The number of amides is 2. The molecule has 0 saturated heterocycles. The number of carbonyl (C=O) groups is 1. The Hall–Kier alpha value is -2.51. The molecule has 0 bridgehead atoms. The average Bonchev–Trinajstić information content (AvgIpc) is 2.75. The molecule has 0 atom stereocenters. The third-order valence-electron chi connectivity index (χ3n) is 2.15. The van der Waals surface area contributed by atoms with Gasteiger partial charge in [-0.2, -0.15) is 0 Å². The lowest BCUT2D eigenvalue weighted by molar-refractivity contribution is 0.261. The van der Waals surface area contributed by atoms with Crippen molar-refractivity contribution >= 4 is 17.5 Å². The second-order valence-electron chi connectivity index (χ2n) is 3.62. The summed E-state index contributed by atoms with van der Waals surface area (Å²) in [4.78, 5) is 11.5. The molecule has 19 heavy (non-hydrogen) atoms. The van der Waals surface area contributed by atoms with Gasteiger partial charge in [-0.05, 0) is 19.1 Å². The van der Waals surface area contributed by atoms with E-state index in [0.717, 1.165) is 6.07 Å². The maximum Gasteiger partial charge on any atom is 0.325 e. The van der Waals surface area contributed by atoms with E-state index in [1.165, 1.54) is 6.07 Å². The molecule has 0 unspecified atom stereocenters. The maximum atomic E-state index is 13.3. The number of hydrogen-bond acceptors (Lipinski definition) is 3. The molecular weight excluding hydrogens is 263 g/mol. The minimum Gasteiger partial charge on any atom is -0.360 e. The average molecular weight is 271 g/mol. The van der Waals surface area contributed by atoms with Crippen molar-refractivity contribution in [2.75, 3.05) is 10.6 Å². The topological polar surface area (TPSA) is 67.2 Å². The van der Waals surface area contributed by atoms with Crippen LogP contribution < -0.4 is 10.6 Å². The van der Waals surface area contributed by atoms with Gasteiger partial charge in [0.25, 0.3) is 0 Å². The van der Waals surface area contributed by atoms with Crippen molar-refractivity contribution in [2.24, 2.45) is 0 Å². The first-order valence-electron chi connectivity index (χ1n) is 5.12. The molecule has 2 aromatic rings. The first kappa shape index (κ1) is 12.9. The molecule has 0 aliphatic carbocycles. The van der Waals surface area contributed by atoms with E-state index in [0.29, 0.717) is 11.8 Å². The number of rotatable bonds is 2. The van der Waals surface area contributed by atoms with E-state index in [1.54, 1.807) is 6.92 Å². The van der Waals surface area contributed by atoms with Crippen molar-refractivity contribution in [3.63, 3.8) is 0 Å². The zero-order valence-corrected chi connectivity index (χ0v) is 9.63. The Morgan fingerprint density at radius 2 is 1.95 bits per heavy atom. The van der Waals surface area contributed by atoms with Gasteiger partial charge in [-0.1, -0.05) is 5.16 Å². The number of carbonyl (C=O) groups excluding carboxylic acids is 1. The smallest absolute Gasteiger partial charge is 0.325 e. The van der Waals surface area contributed by atoms with Crippen LogP contribution in [0, 0.1) is 24.4 Å². The van der Waals surface area contributed by atoms with E-state index in [4.69, 9.17) is 4.52 Å². The summed E-state index contributed by atoms with van der Waals surface area (Å²) in [6, 6.07) is 2.18. The van der Waals surface area contributed by atoms with Gasteiger partial charge in [0.2, 0.25) is 0 Å². The highest BCUT2D eigenvalue weighted by atomic mass is 19.2. The number of anilines is 2. The number of benzene rings is 1. The third kappa shape index (κ3) is 2.84. The lowest BCUT2D eigenvalue weighted by atomic mass is 10.3. The van der Waals surface area contributed by atoms with Gasteiger partial charge < -0.3 is 9.84 Å². The third-order valence-corrected chi connectivity index (χ3v) is 2.15.